The van der Waals surface area contributed by atoms with Crippen LogP contribution in [0.5, 0.6) is 17.4 Å². The zero-order valence-electron chi connectivity index (χ0n) is 19.4. The molecule has 0 spiro atoms. The lowest BCUT2D eigenvalue weighted by Gasteiger charge is -2.15. The molecule has 0 aliphatic rings. The largest absolute Gasteiger partial charge is 0.497 e. The Bertz CT molecular complexity index is 1240. The highest BCUT2D eigenvalue weighted by Crippen LogP contribution is 2.22. The Balaban J connectivity index is 1.30. The molecule has 2 heterocycles. The van der Waals surface area contributed by atoms with Gasteiger partial charge in [-0.1, -0.05) is 19.1 Å². The fraction of sp³-hybridized carbons (Fsp3) is 0.280. The van der Waals surface area contributed by atoms with E-state index in [9.17, 15) is 4.79 Å². The van der Waals surface area contributed by atoms with Crippen LogP contribution in [-0.4, -0.2) is 52.1 Å². The van der Waals surface area contributed by atoms with E-state index >= 15 is 0 Å². The molecule has 1 N–H and O–H groups in total. The number of hydrogen-bond acceptors (Lipinski definition) is 7. The number of ether oxygens (including phenoxy) is 3. The van der Waals surface area contributed by atoms with Gasteiger partial charge in [0, 0.05) is 11.6 Å². The van der Waals surface area contributed by atoms with Gasteiger partial charge in [-0.2, -0.15) is 4.52 Å². The monoisotopic (exact) mass is 461 g/mol. The minimum Gasteiger partial charge on any atom is -0.497 e. The average Bonchev–Trinajstić information content (AvgIpc) is 3.30. The fourth-order valence-corrected chi connectivity index (χ4v) is 3.30. The number of nitrogens with one attached hydrogen (secondary N) is 1. The van der Waals surface area contributed by atoms with Crippen molar-refractivity contribution in [3.8, 4) is 28.8 Å². The van der Waals surface area contributed by atoms with Crippen molar-refractivity contribution in [1.82, 2.24) is 25.1 Å². The number of rotatable bonds is 10. The molecule has 9 nitrogen and oxygen atoms in total. The summed E-state index contributed by atoms with van der Waals surface area (Å²) < 4.78 is 18.3. The first-order valence-corrected chi connectivity index (χ1v) is 11.1. The molecule has 0 fully saturated rings. The molecule has 0 saturated carbocycles. The highest BCUT2D eigenvalue weighted by atomic mass is 16.5. The van der Waals surface area contributed by atoms with Crippen LogP contribution < -0.4 is 19.5 Å². The number of benzene rings is 2. The standard InChI is InChI=1S/C25H27N5O4/c1-4-18-5-9-21(10-6-18)34-17(2)25(31)26-15-16-33-23-14-13-22-27-28-24(30(22)29-23)19-7-11-20(32-3)12-8-19/h5-14,17H,4,15-16H2,1-3H3,(H,26,31). The minimum absolute atomic E-state index is 0.216. The number of aromatic nitrogens is 4. The van der Waals surface area contributed by atoms with Crippen LogP contribution in [-0.2, 0) is 11.2 Å². The number of carbonyl (C=O) groups is 1. The Morgan fingerprint density at radius 2 is 1.74 bits per heavy atom. The van der Waals surface area contributed by atoms with Gasteiger partial charge in [-0.3, -0.25) is 4.79 Å². The second-order valence-electron chi connectivity index (χ2n) is 7.59. The number of amides is 1. The van der Waals surface area contributed by atoms with Gasteiger partial charge in [0.1, 0.15) is 18.1 Å². The molecule has 4 aromatic rings. The molecule has 1 amide bonds. The summed E-state index contributed by atoms with van der Waals surface area (Å²) >= 11 is 0. The second-order valence-corrected chi connectivity index (χ2v) is 7.59. The van der Waals surface area contributed by atoms with Gasteiger partial charge in [0.15, 0.2) is 17.6 Å². The molecule has 1 unspecified atom stereocenters. The lowest BCUT2D eigenvalue weighted by Crippen LogP contribution is -2.38. The third kappa shape index (κ3) is 5.43. The quantitative estimate of drug-likeness (QED) is 0.362. The van der Waals surface area contributed by atoms with Crippen molar-refractivity contribution in [3.05, 3.63) is 66.2 Å². The molecule has 0 aliphatic carbocycles. The van der Waals surface area contributed by atoms with E-state index < -0.39 is 6.10 Å². The highest BCUT2D eigenvalue weighted by molar-refractivity contribution is 5.80. The smallest absolute Gasteiger partial charge is 0.260 e. The van der Waals surface area contributed by atoms with Crippen LogP contribution in [0.1, 0.15) is 19.4 Å². The third-order valence-corrected chi connectivity index (χ3v) is 5.25. The summed E-state index contributed by atoms with van der Waals surface area (Å²) in [6.07, 6.45) is 0.337. The van der Waals surface area contributed by atoms with Gasteiger partial charge in [-0.05, 0) is 61.4 Å². The van der Waals surface area contributed by atoms with Crippen LogP contribution in [0.4, 0.5) is 0 Å². The van der Waals surface area contributed by atoms with Crippen LogP contribution in [0.25, 0.3) is 17.0 Å². The zero-order chi connectivity index (χ0) is 23.9. The summed E-state index contributed by atoms with van der Waals surface area (Å²) in [7, 11) is 1.62. The molecular formula is C25H27N5O4. The van der Waals surface area contributed by atoms with Crippen molar-refractivity contribution in [3.63, 3.8) is 0 Å². The summed E-state index contributed by atoms with van der Waals surface area (Å²) in [5.41, 5.74) is 2.67. The van der Waals surface area contributed by atoms with Crippen molar-refractivity contribution < 1.29 is 19.0 Å². The van der Waals surface area contributed by atoms with Crippen molar-refractivity contribution in [2.45, 2.75) is 26.4 Å². The lowest BCUT2D eigenvalue weighted by atomic mass is 10.2. The third-order valence-electron chi connectivity index (χ3n) is 5.25. The van der Waals surface area contributed by atoms with Gasteiger partial charge in [-0.15, -0.1) is 15.3 Å². The van der Waals surface area contributed by atoms with Crippen molar-refractivity contribution in [1.29, 1.82) is 0 Å². The minimum atomic E-state index is -0.619. The zero-order valence-corrected chi connectivity index (χ0v) is 19.4. The van der Waals surface area contributed by atoms with Crippen LogP contribution >= 0.6 is 0 Å². The normalized spacial score (nSPS) is 11.7. The molecular weight excluding hydrogens is 434 g/mol. The molecule has 0 radical (unpaired) electrons. The molecule has 0 saturated heterocycles. The Kier molecular flexibility index (Phi) is 7.22. The van der Waals surface area contributed by atoms with Crippen LogP contribution in [0.15, 0.2) is 60.7 Å². The number of methoxy groups -OCH3 is 1. The molecule has 34 heavy (non-hydrogen) atoms. The van der Waals surface area contributed by atoms with Crippen LogP contribution in [0, 0.1) is 0 Å². The number of hydrogen-bond donors (Lipinski definition) is 1. The van der Waals surface area contributed by atoms with Gasteiger partial charge in [-0.25, -0.2) is 0 Å². The first kappa shape index (κ1) is 23.0. The first-order chi connectivity index (χ1) is 16.6. The Labute approximate surface area is 197 Å². The van der Waals surface area contributed by atoms with E-state index in [1.165, 1.54) is 5.56 Å². The second kappa shape index (κ2) is 10.7. The maximum absolute atomic E-state index is 12.3. The first-order valence-electron chi connectivity index (χ1n) is 11.1. The van der Waals surface area contributed by atoms with Gasteiger partial charge >= 0.3 is 0 Å². The Hall–Kier alpha value is -4.14. The van der Waals surface area contributed by atoms with Crippen molar-refractivity contribution in [2.75, 3.05) is 20.3 Å². The summed E-state index contributed by atoms with van der Waals surface area (Å²) in [6.45, 7) is 4.37. The van der Waals surface area contributed by atoms with E-state index in [2.05, 4.69) is 27.5 Å². The van der Waals surface area contributed by atoms with Gasteiger partial charge in [0.05, 0.1) is 13.7 Å². The number of aryl methyl sites for hydroxylation is 1. The van der Waals surface area contributed by atoms with Crippen LogP contribution in [0.3, 0.4) is 0 Å². The van der Waals surface area contributed by atoms with E-state index in [0.717, 1.165) is 17.7 Å². The molecule has 176 valence electrons. The predicted octanol–water partition coefficient (Wildman–Crippen LogP) is 3.32. The molecule has 9 heteroatoms. The predicted molar refractivity (Wildman–Crippen MR) is 127 cm³/mol. The summed E-state index contributed by atoms with van der Waals surface area (Å²) in [5.74, 6) is 2.19. The summed E-state index contributed by atoms with van der Waals surface area (Å²) in [4.78, 5) is 12.3. The highest BCUT2D eigenvalue weighted by Gasteiger charge is 2.14. The number of carbonyl (C=O) groups excluding carboxylic acids is 1. The topological polar surface area (TPSA) is 99.9 Å². The summed E-state index contributed by atoms with van der Waals surface area (Å²) in [6, 6.07) is 18.7. The molecule has 4 rings (SSSR count). The van der Waals surface area contributed by atoms with Gasteiger partial charge in [0.25, 0.3) is 5.91 Å². The van der Waals surface area contributed by atoms with E-state index in [1.807, 2.05) is 48.5 Å². The Morgan fingerprint density at radius 1 is 1.00 bits per heavy atom. The van der Waals surface area contributed by atoms with Gasteiger partial charge < -0.3 is 19.5 Å². The van der Waals surface area contributed by atoms with E-state index in [1.54, 1.807) is 30.7 Å². The summed E-state index contributed by atoms with van der Waals surface area (Å²) in [5, 5.41) is 15.7. The molecule has 0 bridgehead atoms. The van der Waals surface area contributed by atoms with E-state index in [-0.39, 0.29) is 12.5 Å². The Morgan fingerprint density at radius 3 is 2.44 bits per heavy atom. The number of fused-ring (bicyclic) bond motifs is 1. The van der Waals surface area contributed by atoms with Gasteiger partial charge in [0.2, 0.25) is 5.88 Å². The van der Waals surface area contributed by atoms with E-state index in [4.69, 9.17) is 14.2 Å². The van der Waals surface area contributed by atoms with Crippen molar-refractivity contribution in [2.24, 2.45) is 0 Å². The maximum atomic E-state index is 12.3. The SMILES string of the molecule is CCc1ccc(OC(C)C(=O)NCCOc2ccc3nnc(-c4ccc(OC)cc4)n3n2)cc1. The number of nitrogens with zero attached hydrogens (tertiary/aromatic N) is 4. The molecule has 0 aliphatic heterocycles. The lowest BCUT2D eigenvalue weighted by molar-refractivity contribution is -0.127. The molecule has 2 aromatic carbocycles. The van der Waals surface area contributed by atoms with E-state index in [0.29, 0.717) is 29.6 Å². The molecule has 2 aromatic heterocycles. The fourth-order valence-electron chi connectivity index (χ4n) is 3.30. The van der Waals surface area contributed by atoms with Crippen molar-refractivity contribution >= 4 is 11.6 Å². The average molecular weight is 462 g/mol. The molecule has 1 atom stereocenters. The van der Waals surface area contributed by atoms with Crippen LogP contribution in [0.2, 0.25) is 0 Å². The maximum Gasteiger partial charge on any atom is 0.260 e.